The van der Waals surface area contributed by atoms with Crippen LogP contribution in [-0.4, -0.2) is 7.11 Å². The first-order valence-corrected chi connectivity index (χ1v) is 7.07. The number of aromatic amines is 1. The van der Waals surface area contributed by atoms with E-state index >= 15 is 0 Å². The van der Waals surface area contributed by atoms with Gasteiger partial charge in [0.15, 0.2) is 0 Å². The van der Waals surface area contributed by atoms with E-state index in [2.05, 4.69) is 22.5 Å². The molecule has 1 heterocycles. The van der Waals surface area contributed by atoms with E-state index in [0.717, 1.165) is 23.7 Å². The zero-order valence-electron chi connectivity index (χ0n) is 10.4. The average Bonchev–Trinajstić information content (AvgIpc) is 2.84. The van der Waals surface area contributed by atoms with Crippen LogP contribution in [0, 0.1) is 0 Å². The predicted octanol–water partition coefficient (Wildman–Crippen LogP) is 2.43. The van der Waals surface area contributed by atoms with E-state index in [-0.39, 0.29) is 0 Å². The highest BCUT2D eigenvalue weighted by molar-refractivity contribution is 7.13. The number of aromatic nitrogens is 1. The molecule has 1 atom stereocenters. The number of anilines is 1. The third-order valence-corrected chi connectivity index (χ3v) is 4.41. The number of nitrogens with one attached hydrogen (secondary N) is 1. The van der Waals surface area contributed by atoms with Crippen molar-refractivity contribution in [3.05, 3.63) is 40.4 Å². The number of nitrogens with two attached hydrogens (primary N) is 1. The summed E-state index contributed by atoms with van der Waals surface area (Å²) in [4.78, 5) is 3.27. The molecule has 1 aliphatic carbocycles. The minimum atomic E-state index is 0.530. The van der Waals surface area contributed by atoms with Crippen LogP contribution in [0.2, 0.25) is 0 Å². The van der Waals surface area contributed by atoms with Crippen LogP contribution in [0.15, 0.2) is 23.6 Å². The van der Waals surface area contributed by atoms with E-state index in [0.29, 0.717) is 5.92 Å². The van der Waals surface area contributed by atoms with Crippen LogP contribution in [0.5, 0.6) is 5.75 Å². The Morgan fingerprint density at radius 2 is 2.33 bits per heavy atom. The maximum atomic E-state index is 5.77. The molecule has 3 N–H and O–H groups in total. The van der Waals surface area contributed by atoms with E-state index in [9.17, 15) is 0 Å². The Balaban J connectivity index is 1.92. The van der Waals surface area contributed by atoms with Crippen molar-refractivity contribution in [2.24, 2.45) is 0 Å². The van der Waals surface area contributed by atoms with Crippen LogP contribution in [-0.2, 0) is 12.8 Å². The molecule has 0 radical (unpaired) electrons. The molecule has 1 aromatic heterocycles. The van der Waals surface area contributed by atoms with Crippen LogP contribution in [0.1, 0.15) is 29.2 Å². The summed E-state index contributed by atoms with van der Waals surface area (Å²) in [5, 5.41) is 2.93. The number of benzene rings is 1. The van der Waals surface area contributed by atoms with Gasteiger partial charge in [0.25, 0.3) is 0 Å². The highest BCUT2D eigenvalue weighted by atomic mass is 32.1. The van der Waals surface area contributed by atoms with Gasteiger partial charge in [0.05, 0.1) is 7.11 Å². The summed E-state index contributed by atoms with van der Waals surface area (Å²) in [5.41, 5.74) is 9.81. The highest BCUT2D eigenvalue weighted by Gasteiger charge is 2.25. The molecule has 94 valence electrons. The molecular weight excluding hydrogens is 244 g/mol. The molecule has 0 fully saturated rings. The molecule has 0 aliphatic heterocycles. The smallest absolute Gasteiger partial charge is 0.329 e. The minimum absolute atomic E-state index is 0.530. The number of hydrogen-bond donors (Lipinski definition) is 1. The SMILES string of the molecule is COc1cccc2c1CC(c1csc(N)[nH+]1)CC2. The second-order valence-corrected chi connectivity index (χ2v) is 5.63. The van der Waals surface area contributed by atoms with Gasteiger partial charge in [0.1, 0.15) is 11.4 Å². The van der Waals surface area contributed by atoms with Crippen LogP contribution >= 0.6 is 11.3 Å². The Labute approximate surface area is 111 Å². The van der Waals surface area contributed by atoms with Gasteiger partial charge >= 0.3 is 5.13 Å². The van der Waals surface area contributed by atoms with Gasteiger partial charge in [0.2, 0.25) is 0 Å². The van der Waals surface area contributed by atoms with Crippen molar-refractivity contribution in [2.45, 2.75) is 25.2 Å². The van der Waals surface area contributed by atoms with Crippen molar-refractivity contribution < 1.29 is 9.72 Å². The minimum Gasteiger partial charge on any atom is -0.496 e. The van der Waals surface area contributed by atoms with E-state index < -0.39 is 0 Å². The highest BCUT2D eigenvalue weighted by Crippen LogP contribution is 2.36. The number of ether oxygens (including phenoxy) is 1. The van der Waals surface area contributed by atoms with Crippen molar-refractivity contribution >= 4 is 16.5 Å². The molecule has 0 spiro atoms. The normalized spacial score (nSPS) is 18.4. The summed E-state index contributed by atoms with van der Waals surface area (Å²) in [6, 6.07) is 6.33. The number of hydrogen-bond acceptors (Lipinski definition) is 3. The Kier molecular flexibility index (Phi) is 2.96. The van der Waals surface area contributed by atoms with Gasteiger partial charge in [-0.2, -0.15) is 0 Å². The summed E-state index contributed by atoms with van der Waals surface area (Å²) in [7, 11) is 1.74. The fourth-order valence-corrected chi connectivity index (χ4v) is 3.42. The standard InChI is InChI=1S/C14H16N2OS/c1-17-13-4-2-3-9-5-6-10(7-11(9)13)12-8-18-14(15)16-12/h2-4,8,10H,5-7H2,1H3,(H2,15,16)/p+1. The number of methoxy groups -OCH3 is 1. The fraction of sp³-hybridized carbons (Fsp3) is 0.357. The van der Waals surface area contributed by atoms with Crippen LogP contribution in [0.3, 0.4) is 0 Å². The quantitative estimate of drug-likeness (QED) is 0.902. The lowest BCUT2D eigenvalue weighted by atomic mass is 9.82. The number of fused-ring (bicyclic) bond motifs is 1. The molecule has 0 amide bonds. The van der Waals surface area contributed by atoms with E-state index in [1.54, 1.807) is 18.4 Å². The summed E-state index contributed by atoms with van der Waals surface area (Å²) in [6.45, 7) is 0. The number of thiazole rings is 1. The predicted molar refractivity (Wildman–Crippen MR) is 73.0 cm³/mol. The summed E-state index contributed by atoms with van der Waals surface area (Å²) >= 11 is 1.58. The second kappa shape index (κ2) is 4.61. The molecule has 2 aromatic rings. The van der Waals surface area contributed by atoms with Crippen molar-refractivity contribution in [2.75, 3.05) is 12.8 Å². The summed E-state index contributed by atoms with van der Waals surface area (Å²) < 4.78 is 5.47. The molecule has 0 bridgehead atoms. The molecule has 0 saturated heterocycles. The first-order chi connectivity index (χ1) is 8.78. The molecule has 1 unspecified atom stereocenters. The lowest BCUT2D eigenvalue weighted by Gasteiger charge is -2.24. The third kappa shape index (κ3) is 1.97. The van der Waals surface area contributed by atoms with E-state index in [1.165, 1.54) is 23.2 Å². The topological polar surface area (TPSA) is 49.4 Å². The van der Waals surface area contributed by atoms with E-state index in [1.807, 2.05) is 6.07 Å². The van der Waals surface area contributed by atoms with Crippen LogP contribution in [0.4, 0.5) is 5.13 Å². The number of aryl methyl sites for hydroxylation is 1. The first-order valence-electron chi connectivity index (χ1n) is 6.19. The molecule has 3 nitrogen and oxygen atoms in total. The zero-order chi connectivity index (χ0) is 12.5. The second-order valence-electron chi connectivity index (χ2n) is 4.72. The van der Waals surface area contributed by atoms with Gasteiger partial charge in [-0.1, -0.05) is 23.5 Å². The Morgan fingerprint density at radius 3 is 3.06 bits per heavy atom. The van der Waals surface area contributed by atoms with Crippen molar-refractivity contribution in [3.63, 3.8) is 0 Å². The average molecular weight is 261 g/mol. The van der Waals surface area contributed by atoms with Gasteiger partial charge < -0.3 is 4.74 Å². The Hall–Kier alpha value is -1.55. The van der Waals surface area contributed by atoms with Crippen molar-refractivity contribution in [3.8, 4) is 5.75 Å². The lowest BCUT2D eigenvalue weighted by Crippen LogP contribution is -2.20. The number of H-pyrrole nitrogens is 1. The first kappa shape index (κ1) is 11.5. The van der Waals surface area contributed by atoms with Crippen molar-refractivity contribution in [1.82, 2.24) is 0 Å². The maximum absolute atomic E-state index is 5.77. The molecule has 0 saturated carbocycles. The molecule has 18 heavy (non-hydrogen) atoms. The number of rotatable bonds is 2. The molecule has 3 rings (SSSR count). The van der Waals surface area contributed by atoms with Gasteiger partial charge in [0, 0.05) is 11.3 Å². The van der Waals surface area contributed by atoms with Gasteiger partial charge in [-0.25, -0.2) is 4.98 Å². The summed E-state index contributed by atoms with van der Waals surface area (Å²) in [5.74, 6) is 1.54. The van der Waals surface area contributed by atoms with Crippen molar-refractivity contribution in [1.29, 1.82) is 0 Å². The Bertz CT molecular complexity index is 550. The van der Waals surface area contributed by atoms with Gasteiger partial charge in [-0.05, 0) is 36.5 Å². The monoisotopic (exact) mass is 261 g/mol. The Morgan fingerprint density at radius 1 is 1.44 bits per heavy atom. The van der Waals surface area contributed by atoms with Crippen LogP contribution < -0.4 is 15.5 Å². The molecular formula is C14H17N2OS+. The van der Waals surface area contributed by atoms with E-state index in [4.69, 9.17) is 10.5 Å². The molecule has 4 heteroatoms. The molecule has 1 aliphatic rings. The van der Waals surface area contributed by atoms with Gasteiger partial charge in [-0.15, -0.1) is 0 Å². The lowest BCUT2D eigenvalue weighted by molar-refractivity contribution is -0.369. The van der Waals surface area contributed by atoms with Gasteiger partial charge in [-0.3, -0.25) is 5.73 Å². The largest absolute Gasteiger partial charge is 0.496 e. The fourth-order valence-electron chi connectivity index (χ4n) is 2.74. The number of nitrogen functional groups attached to an aromatic ring is 1. The van der Waals surface area contributed by atoms with Crippen LogP contribution in [0.25, 0.3) is 0 Å². The summed E-state index contributed by atoms with van der Waals surface area (Å²) in [6.07, 6.45) is 3.32. The molecule has 1 aromatic carbocycles. The maximum Gasteiger partial charge on any atom is 0.329 e. The zero-order valence-corrected chi connectivity index (χ0v) is 11.2. The third-order valence-electron chi connectivity index (χ3n) is 3.68.